The molecule has 2 rings (SSSR count). The van der Waals surface area contributed by atoms with Crippen LogP contribution in [0.3, 0.4) is 0 Å². The van der Waals surface area contributed by atoms with E-state index in [1.54, 1.807) is 0 Å². The Morgan fingerprint density at radius 2 is 2.00 bits per heavy atom. The summed E-state index contributed by atoms with van der Waals surface area (Å²) < 4.78 is 5.54. The van der Waals surface area contributed by atoms with E-state index in [0.717, 1.165) is 0 Å². The molecule has 6 nitrogen and oxygen atoms in total. The minimum atomic E-state index is -0.805. The molecule has 0 saturated heterocycles. The summed E-state index contributed by atoms with van der Waals surface area (Å²) in [5.41, 5.74) is 0. The maximum absolute atomic E-state index is 12.2. The number of carboxylic acids is 1. The van der Waals surface area contributed by atoms with Gasteiger partial charge in [-0.25, -0.2) is 0 Å². The lowest BCUT2D eigenvalue weighted by Crippen LogP contribution is -2.24. The number of ether oxygens (including phenoxy) is 1. The molecule has 154 valence electrons. The monoisotopic (exact) mass is 390 g/mol. The van der Waals surface area contributed by atoms with Gasteiger partial charge in [-0.2, -0.15) is 0 Å². The van der Waals surface area contributed by atoms with Gasteiger partial charge in [-0.15, -0.1) is 0 Å². The molecule has 0 unspecified atom stereocenters. The van der Waals surface area contributed by atoms with E-state index < -0.39 is 18.2 Å². The molecule has 0 bridgehead atoms. The molecule has 1 aliphatic rings. The molecule has 0 aromatic heterocycles. The Balaban J connectivity index is 1.75. The van der Waals surface area contributed by atoms with E-state index in [1.165, 1.54) is 0 Å². The van der Waals surface area contributed by atoms with Gasteiger partial charge in [-0.05, 0) is 50.2 Å². The summed E-state index contributed by atoms with van der Waals surface area (Å²) in [6, 6.07) is 9.26. The van der Waals surface area contributed by atoms with Gasteiger partial charge in [0.15, 0.2) is 0 Å². The van der Waals surface area contributed by atoms with Gasteiger partial charge in [-0.1, -0.05) is 30.4 Å². The number of para-hydroxylation sites is 1. The van der Waals surface area contributed by atoms with Crippen LogP contribution in [0.5, 0.6) is 5.75 Å². The van der Waals surface area contributed by atoms with Gasteiger partial charge in [0.05, 0.1) is 12.2 Å². The molecule has 1 aliphatic carbocycles. The largest absolute Gasteiger partial charge is 0.491 e. The van der Waals surface area contributed by atoms with Crippen molar-refractivity contribution in [2.24, 2.45) is 11.8 Å². The third kappa shape index (κ3) is 7.44. The number of allylic oxidation sites excluding steroid dienone is 2. The number of aliphatic hydroxyl groups excluding tert-OH is 2. The van der Waals surface area contributed by atoms with Crippen molar-refractivity contribution in [2.75, 3.05) is 6.61 Å². The summed E-state index contributed by atoms with van der Waals surface area (Å²) in [4.78, 5) is 22.7. The SMILES string of the molecule is O=C(O)CCCC=CC[C@H]1[C@@H](O)CC(=O)[C@@H]1CC[C@H](O)COc1ccccc1. The van der Waals surface area contributed by atoms with Gasteiger partial charge >= 0.3 is 5.97 Å². The second-order valence-corrected chi connectivity index (χ2v) is 7.36. The van der Waals surface area contributed by atoms with Crippen LogP contribution in [-0.2, 0) is 9.59 Å². The van der Waals surface area contributed by atoms with Crippen molar-refractivity contribution in [3.63, 3.8) is 0 Å². The lowest BCUT2D eigenvalue weighted by molar-refractivity contribution is -0.137. The number of carboxylic acid groups (broad SMARTS) is 1. The van der Waals surface area contributed by atoms with Crippen LogP contribution in [0.15, 0.2) is 42.5 Å². The number of carbonyl (C=O) groups excluding carboxylic acids is 1. The normalized spacial score (nSPS) is 23.2. The first-order valence-electron chi connectivity index (χ1n) is 9.91. The lowest BCUT2D eigenvalue weighted by Gasteiger charge is -2.21. The maximum Gasteiger partial charge on any atom is 0.303 e. The Labute approximate surface area is 165 Å². The Morgan fingerprint density at radius 3 is 2.71 bits per heavy atom. The van der Waals surface area contributed by atoms with Crippen LogP contribution < -0.4 is 4.74 Å². The third-order valence-corrected chi connectivity index (χ3v) is 5.17. The van der Waals surface area contributed by atoms with E-state index in [-0.39, 0.29) is 37.1 Å². The molecule has 1 saturated carbocycles. The number of rotatable bonds is 12. The van der Waals surface area contributed by atoms with Crippen LogP contribution in [0.1, 0.15) is 44.9 Å². The van der Waals surface area contributed by atoms with Crippen LogP contribution >= 0.6 is 0 Å². The van der Waals surface area contributed by atoms with Crippen LogP contribution in [0, 0.1) is 11.8 Å². The molecule has 28 heavy (non-hydrogen) atoms. The minimum absolute atomic E-state index is 0.0490. The molecule has 0 heterocycles. The van der Waals surface area contributed by atoms with Crippen molar-refractivity contribution < 1.29 is 29.6 Å². The zero-order valence-corrected chi connectivity index (χ0v) is 16.1. The molecule has 1 aromatic rings. The fourth-order valence-electron chi connectivity index (χ4n) is 3.62. The summed E-state index contributed by atoms with van der Waals surface area (Å²) in [5, 5.41) is 29.0. The summed E-state index contributed by atoms with van der Waals surface area (Å²) in [7, 11) is 0. The molecule has 0 spiro atoms. The molecule has 1 aromatic carbocycles. The standard InChI is InChI=1S/C22H30O6/c23-16(15-28-17-8-4-3-5-9-17)12-13-19-18(20(24)14-21(19)25)10-6-1-2-7-11-22(26)27/h1,3-6,8-9,16,18-20,23-24H,2,7,10-15H2,(H,26,27)/t16-,18+,19+,20-/m0/s1. The van der Waals surface area contributed by atoms with Gasteiger partial charge in [0.25, 0.3) is 0 Å². The van der Waals surface area contributed by atoms with Gasteiger partial charge in [-0.3, -0.25) is 9.59 Å². The van der Waals surface area contributed by atoms with Crippen LogP contribution in [-0.4, -0.2) is 45.9 Å². The van der Waals surface area contributed by atoms with Crippen molar-refractivity contribution in [2.45, 2.75) is 57.2 Å². The van der Waals surface area contributed by atoms with Crippen molar-refractivity contribution in [1.29, 1.82) is 0 Å². The number of hydrogen-bond donors (Lipinski definition) is 3. The number of aliphatic hydroxyl groups is 2. The van der Waals surface area contributed by atoms with Gasteiger partial charge < -0.3 is 20.1 Å². The molecule has 0 amide bonds. The van der Waals surface area contributed by atoms with Crippen molar-refractivity contribution >= 4 is 11.8 Å². The van der Waals surface area contributed by atoms with E-state index in [9.17, 15) is 19.8 Å². The number of unbranched alkanes of at least 4 members (excludes halogenated alkanes) is 1. The first kappa shape index (κ1) is 22.1. The summed E-state index contributed by atoms with van der Waals surface area (Å²) in [6.45, 7) is 0.168. The Morgan fingerprint density at radius 1 is 1.25 bits per heavy atom. The molecular weight excluding hydrogens is 360 g/mol. The molecule has 4 atom stereocenters. The van der Waals surface area contributed by atoms with Crippen LogP contribution in [0.2, 0.25) is 0 Å². The zero-order chi connectivity index (χ0) is 20.4. The molecule has 0 radical (unpaired) electrons. The average Bonchev–Trinajstić information content (AvgIpc) is 2.94. The van der Waals surface area contributed by atoms with Crippen molar-refractivity contribution in [3.05, 3.63) is 42.5 Å². The number of aliphatic carboxylic acids is 1. The highest BCUT2D eigenvalue weighted by Gasteiger charge is 2.40. The quantitative estimate of drug-likeness (QED) is 0.374. The van der Waals surface area contributed by atoms with E-state index >= 15 is 0 Å². The third-order valence-electron chi connectivity index (χ3n) is 5.17. The topological polar surface area (TPSA) is 104 Å². The predicted octanol–water partition coefficient (Wildman–Crippen LogP) is 2.97. The zero-order valence-electron chi connectivity index (χ0n) is 16.1. The number of ketones is 1. The maximum atomic E-state index is 12.2. The van der Waals surface area contributed by atoms with E-state index in [0.29, 0.717) is 37.9 Å². The number of benzene rings is 1. The Bertz CT molecular complexity index is 642. The lowest BCUT2D eigenvalue weighted by atomic mass is 9.86. The van der Waals surface area contributed by atoms with Gasteiger partial charge in [0.1, 0.15) is 18.1 Å². The van der Waals surface area contributed by atoms with E-state index in [1.807, 2.05) is 42.5 Å². The molecular formula is C22H30O6. The first-order valence-corrected chi connectivity index (χ1v) is 9.91. The first-order chi connectivity index (χ1) is 13.5. The number of carbonyl (C=O) groups is 2. The van der Waals surface area contributed by atoms with E-state index in [2.05, 4.69) is 0 Å². The summed E-state index contributed by atoms with van der Waals surface area (Å²) in [5.74, 6) is -0.469. The minimum Gasteiger partial charge on any atom is -0.491 e. The predicted molar refractivity (Wildman–Crippen MR) is 105 cm³/mol. The highest BCUT2D eigenvalue weighted by molar-refractivity contribution is 5.84. The number of Topliss-reactive ketones (excluding diaryl/α,β-unsaturated/α-hetero) is 1. The fourth-order valence-corrected chi connectivity index (χ4v) is 3.62. The summed E-state index contributed by atoms with van der Waals surface area (Å²) in [6.07, 6.45) is 5.62. The summed E-state index contributed by atoms with van der Waals surface area (Å²) >= 11 is 0. The van der Waals surface area contributed by atoms with Gasteiger partial charge in [0.2, 0.25) is 0 Å². The molecule has 0 aliphatic heterocycles. The Kier molecular flexibility index (Phi) is 9.17. The van der Waals surface area contributed by atoms with Crippen molar-refractivity contribution in [1.82, 2.24) is 0 Å². The highest BCUT2D eigenvalue weighted by Crippen LogP contribution is 2.35. The average molecular weight is 390 g/mol. The second-order valence-electron chi connectivity index (χ2n) is 7.36. The van der Waals surface area contributed by atoms with E-state index in [4.69, 9.17) is 9.84 Å². The van der Waals surface area contributed by atoms with Crippen molar-refractivity contribution in [3.8, 4) is 5.75 Å². The number of hydrogen-bond acceptors (Lipinski definition) is 5. The molecule has 6 heteroatoms. The highest BCUT2D eigenvalue weighted by atomic mass is 16.5. The van der Waals surface area contributed by atoms with Crippen LogP contribution in [0.25, 0.3) is 0 Å². The molecule has 3 N–H and O–H groups in total. The van der Waals surface area contributed by atoms with Crippen LogP contribution in [0.4, 0.5) is 0 Å². The second kappa shape index (κ2) is 11.6. The Hall–Kier alpha value is -2.18. The fraction of sp³-hybridized carbons (Fsp3) is 0.545. The molecule has 1 fully saturated rings. The smallest absolute Gasteiger partial charge is 0.303 e. The van der Waals surface area contributed by atoms with Gasteiger partial charge in [0, 0.05) is 18.8 Å².